The van der Waals surface area contributed by atoms with Crippen LogP contribution in [-0.2, 0) is 10.2 Å². The van der Waals surface area contributed by atoms with Gasteiger partial charge in [-0.2, -0.15) is 0 Å². The van der Waals surface area contributed by atoms with Crippen LogP contribution in [0.15, 0.2) is 18.2 Å². The number of carbonyl (C=O) groups is 1. The molecule has 0 fully saturated rings. The molecule has 1 aromatic carbocycles. The van der Waals surface area contributed by atoms with E-state index in [0.29, 0.717) is 24.4 Å². The molecule has 21 heavy (non-hydrogen) atoms. The second-order valence-corrected chi connectivity index (χ2v) is 6.21. The van der Waals surface area contributed by atoms with Gasteiger partial charge in [-0.25, -0.2) is 4.39 Å². The molecule has 3 N–H and O–H groups in total. The zero-order valence-electron chi connectivity index (χ0n) is 12.6. The Morgan fingerprint density at radius 3 is 2.62 bits per heavy atom. The number of hydrogen-bond donors (Lipinski definition) is 2. The van der Waals surface area contributed by atoms with E-state index in [1.165, 1.54) is 12.1 Å². The summed E-state index contributed by atoms with van der Waals surface area (Å²) in [5.74, 6) is -0.399. The van der Waals surface area contributed by atoms with Gasteiger partial charge in [0, 0.05) is 29.4 Å². The van der Waals surface area contributed by atoms with Crippen molar-refractivity contribution in [1.82, 2.24) is 5.32 Å². The number of hydrogen-bond acceptors (Lipinski definition) is 2. The Balaban J connectivity index is 0.00000400. The Bertz CT molecular complexity index is 479. The first-order valence-electron chi connectivity index (χ1n) is 6.70. The van der Waals surface area contributed by atoms with Crippen molar-refractivity contribution in [3.05, 3.63) is 34.6 Å². The summed E-state index contributed by atoms with van der Waals surface area (Å²) in [6, 6.07) is 4.34. The lowest BCUT2D eigenvalue weighted by Gasteiger charge is -2.26. The molecule has 0 aliphatic rings. The fourth-order valence-electron chi connectivity index (χ4n) is 1.90. The van der Waals surface area contributed by atoms with Crippen LogP contribution in [0.3, 0.4) is 0 Å². The molecule has 1 aromatic rings. The van der Waals surface area contributed by atoms with Gasteiger partial charge in [0.15, 0.2) is 0 Å². The molecular weight excluding hydrogens is 314 g/mol. The quantitative estimate of drug-likeness (QED) is 0.836. The molecule has 0 heterocycles. The summed E-state index contributed by atoms with van der Waals surface area (Å²) < 4.78 is 13.1. The number of rotatable bonds is 6. The molecule has 6 heteroatoms. The second kappa shape index (κ2) is 8.57. The van der Waals surface area contributed by atoms with Crippen molar-refractivity contribution in [2.75, 3.05) is 6.54 Å². The van der Waals surface area contributed by atoms with E-state index in [4.69, 9.17) is 17.3 Å². The van der Waals surface area contributed by atoms with Gasteiger partial charge >= 0.3 is 0 Å². The van der Waals surface area contributed by atoms with Gasteiger partial charge in [-0.05, 0) is 31.0 Å². The minimum atomic E-state index is -0.366. The highest BCUT2D eigenvalue weighted by Gasteiger charge is 2.24. The van der Waals surface area contributed by atoms with Crippen molar-refractivity contribution in [2.24, 2.45) is 5.73 Å². The lowest BCUT2D eigenvalue weighted by Crippen LogP contribution is -2.37. The Hall–Kier alpha value is -0.840. The largest absolute Gasteiger partial charge is 0.355 e. The number of halogens is 3. The number of nitrogens with two attached hydrogens (primary N) is 1. The summed E-state index contributed by atoms with van der Waals surface area (Å²) in [5, 5.41) is 3.25. The first kappa shape index (κ1) is 20.2. The van der Waals surface area contributed by atoms with Crippen LogP contribution in [0.4, 0.5) is 4.39 Å². The summed E-state index contributed by atoms with van der Waals surface area (Å²) in [6.45, 7) is 6.22. The van der Waals surface area contributed by atoms with Crippen LogP contribution in [0.5, 0.6) is 0 Å². The van der Waals surface area contributed by atoms with Crippen LogP contribution in [0.2, 0.25) is 5.02 Å². The molecule has 0 saturated heterocycles. The van der Waals surface area contributed by atoms with Crippen molar-refractivity contribution in [1.29, 1.82) is 0 Å². The Morgan fingerprint density at radius 2 is 2.10 bits per heavy atom. The molecule has 0 aromatic heterocycles. The molecule has 0 saturated carbocycles. The molecule has 0 spiro atoms. The van der Waals surface area contributed by atoms with Gasteiger partial charge in [0.25, 0.3) is 0 Å². The van der Waals surface area contributed by atoms with Crippen molar-refractivity contribution in [3.63, 3.8) is 0 Å². The van der Waals surface area contributed by atoms with E-state index in [2.05, 4.69) is 5.32 Å². The highest BCUT2D eigenvalue weighted by atomic mass is 35.5. The highest BCUT2D eigenvalue weighted by Crippen LogP contribution is 2.29. The lowest BCUT2D eigenvalue weighted by atomic mass is 9.84. The van der Waals surface area contributed by atoms with Gasteiger partial charge < -0.3 is 11.1 Å². The van der Waals surface area contributed by atoms with E-state index in [9.17, 15) is 9.18 Å². The standard InChI is InChI=1S/C15H22ClFN2O.ClH/c1-10(18)4-7-14(20)19-9-15(2,3)12-6-5-11(17)8-13(12)16;/h5-6,8,10H,4,7,9,18H2,1-3H3,(H,19,20);1H. The Labute approximate surface area is 136 Å². The Morgan fingerprint density at radius 1 is 1.48 bits per heavy atom. The van der Waals surface area contributed by atoms with Gasteiger partial charge in [-0.3, -0.25) is 4.79 Å². The van der Waals surface area contributed by atoms with Crippen molar-refractivity contribution in [3.8, 4) is 0 Å². The SMILES string of the molecule is CC(N)CCC(=O)NCC(C)(C)c1ccc(F)cc1Cl.Cl. The summed E-state index contributed by atoms with van der Waals surface area (Å²) in [5.41, 5.74) is 6.06. The number of nitrogens with one attached hydrogen (secondary N) is 1. The van der Waals surface area contributed by atoms with E-state index in [-0.39, 0.29) is 35.6 Å². The maximum Gasteiger partial charge on any atom is 0.220 e. The predicted octanol–water partition coefficient (Wildman–Crippen LogP) is 3.42. The lowest BCUT2D eigenvalue weighted by molar-refractivity contribution is -0.121. The normalized spacial score (nSPS) is 12.5. The zero-order valence-corrected chi connectivity index (χ0v) is 14.2. The molecule has 0 aliphatic heterocycles. The number of carbonyl (C=O) groups excluding carboxylic acids is 1. The first-order chi connectivity index (χ1) is 9.22. The molecular formula is C15H23Cl2FN2O. The number of amides is 1. The molecule has 1 rings (SSSR count). The monoisotopic (exact) mass is 336 g/mol. The van der Waals surface area contributed by atoms with Gasteiger partial charge in [0.05, 0.1) is 0 Å². The maximum atomic E-state index is 13.1. The smallest absolute Gasteiger partial charge is 0.220 e. The number of benzene rings is 1. The Kier molecular flexibility index (Phi) is 8.22. The van der Waals surface area contributed by atoms with Gasteiger partial charge in [-0.1, -0.05) is 31.5 Å². The fourth-order valence-corrected chi connectivity index (χ4v) is 2.32. The average molecular weight is 337 g/mol. The molecule has 3 nitrogen and oxygen atoms in total. The topological polar surface area (TPSA) is 55.1 Å². The van der Waals surface area contributed by atoms with Gasteiger partial charge in [0.2, 0.25) is 5.91 Å². The first-order valence-corrected chi connectivity index (χ1v) is 7.08. The van der Waals surface area contributed by atoms with Crippen LogP contribution in [0, 0.1) is 5.82 Å². The molecule has 1 amide bonds. The van der Waals surface area contributed by atoms with Crippen LogP contribution in [-0.4, -0.2) is 18.5 Å². The van der Waals surface area contributed by atoms with Crippen LogP contribution < -0.4 is 11.1 Å². The summed E-state index contributed by atoms with van der Waals surface area (Å²) in [6.07, 6.45) is 1.06. The van der Waals surface area contributed by atoms with Crippen molar-refractivity contribution < 1.29 is 9.18 Å². The van der Waals surface area contributed by atoms with Gasteiger partial charge in [-0.15, -0.1) is 12.4 Å². The summed E-state index contributed by atoms with van der Waals surface area (Å²) in [7, 11) is 0. The van der Waals surface area contributed by atoms with Crippen LogP contribution in [0.1, 0.15) is 39.2 Å². The molecule has 0 bridgehead atoms. The summed E-state index contributed by atoms with van der Waals surface area (Å²) >= 11 is 6.06. The van der Waals surface area contributed by atoms with Crippen LogP contribution >= 0.6 is 24.0 Å². The molecule has 0 radical (unpaired) electrons. The third-order valence-corrected chi connectivity index (χ3v) is 3.53. The minimum absolute atomic E-state index is 0. The van der Waals surface area contributed by atoms with E-state index in [0.717, 1.165) is 5.56 Å². The molecule has 1 atom stereocenters. The molecule has 120 valence electrons. The predicted molar refractivity (Wildman–Crippen MR) is 87.6 cm³/mol. The second-order valence-electron chi connectivity index (χ2n) is 5.80. The average Bonchev–Trinajstić information content (AvgIpc) is 2.33. The third-order valence-electron chi connectivity index (χ3n) is 3.21. The highest BCUT2D eigenvalue weighted by molar-refractivity contribution is 6.31. The summed E-state index contributed by atoms with van der Waals surface area (Å²) in [4.78, 5) is 11.7. The maximum absolute atomic E-state index is 13.1. The van der Waals surface area contributed by atoms with E-state index >= 15 is 0 Å². The fraction of sp³-hybridized carbons (Fsp3) is 0.533. The molecule has 1 unspecified atom stereocenters. The zero-order chi connectivity index (χ0) is 15.3. The minimum Gasteiger partial charge on any atom is -0.355 e. The van der Waals surface area contributed by atoms with E-state index in [1.807, 2.05) is 20.8 Å². The van der Waals surface area contributed by atoms with E-state index in [1.54, 1.807) is 6.07 Å². The van der Waals surface area contributed by atoms with E-state index < -0.39 is 0 Å². The van der Waals surface area contributed by atoms with Gasteiger partial charge in [0.1, 0.15) is 5.82 Å². The van der Waals surface area contributed by atoms with Crippen LogP contribution in [0.25, 0.3) is 0 Å². The van der Waals surface area contributed by atoms with Crippen molar-refractivity contribution >= 4 is 29.9 Å². The third kappa shape index (κ3) is 6.64. The molecule has 0 aliphatic carbocycles. The van der Waals surface area contributed by atoms with Crippen molar-refractivity contribution in [2.45, 2.75) is 45.1 Å².